The first kappa shape index (κ1) is 18.3. The summed E-state index contributed by atoms with van der Waals surface area (Å²) < 4.78 is 4.12. The average molecular weight is 435 g/mol. The second-order valence-corrected chi connectivity index (χ2v) is 8.98. The van der Waals surface area contributed by atoms with Gasteiger partial charge in [0.15, 0.2) is 4.80 Å². The molecular weight excluding hydrogens is 420 g/mol. The molecule has 3 aromatic carbocycles. The van der Waals surface area contributed by atoms with Gasteiger partial charge in [-0.15, -0.1) is 17.9 Å². The number of thiophene rings is 1. The lowest BCUT2D eigenvalue weighted by Crippen LogP contribution is -2.16. The molecule has 0 bridgehead atoms. The molecule has 0 radical (unpaired) electrons. The maximum atomic E-state index is 13.0. The first-order valence-corrected chi connectivity index (χ1v) is 11.1. The Morgan fingerprint density at radius 1 is 1.03 bits per heavy atom. The zero-order chi connectivity index (χ0) is 20.0. The van der Waals surface area contributed by atoms with Crippen LogP contribution in [0.4, 0.5) is 0 Å². The Kier molecular flexibility index (Phi) is 4.59. The highest BCUT2D eigenvalue weighted by molar-refractivity contribution is 7.21. The predicted octanol–water partition coefficient (Wildman–Crippen LogP) is 6.65. The Morgan fingerprint density at radius 3 is 2.59 bits per heavy atom. The second-order valence-electron chi connectivity index (χ2n) is 6.58. The van der Waals surface area contributed by atoms with Crippen LogP contribution in [-0.2, 0) is 6.54 Å². The van der Waals surface area contributed by atoms with E-state index in [0.29, 0.717) is 21.2 Å². The third-order valence-electron chi connectivity index (χ3n) is 4.81. The number of benzene rings is 3. The van der Waals surface area contributed by atoms with Crippen molar-refractivity contribution in [1.29, 1.82) is 0 Å². The minimum Gasteiger partial charge on any atom is -0.312 e. The van der Waals surface area contributed by atoms with Crippen LogP contribution < -0.4 is 4.80 Å². The van der Waals surface area contributed by atoms with Crippen LogP contribution in [0.1, 0.15) is 9.67 Å². The lowest BCUT2D eigenvalue weighted by molar-refractivity contribution is 0.100. The van der Waals surface area contributed by atoms with Crippen molar-refractivity contribution in [2.75, 3.05) is 0 Å². The largest absolute Gasteiger partial charge is 0.312 e. The van der Waals surface area contributed by atoms with Gasteiger partial charge in [0.25, 0.3) is 5.91 Å². The third-order valence-corrected chi connectivity index (χ3v) is 7.60. The van der Waals surface area contributed by atoms with Gasteiger partial charge < -0.3 is 4.57 Å². The number of thiazole rings is 1. The maximum Gasteiger partial charge on any atom is 0.291 e. The van der Waals surface area contributed by atoms with Crippen LogP contribution in [0.15, 0.2) is 78.3 Å². The van der Waals surface area contributed by atoms with E-state index in [1.165, 1.54) is 22.7 Å². The molecule has 0 fully saturated rings. The minimum absolute atomic E-state index is 0.315. The number of amides is 1. The summed E-state index contributed by atoms with van der Waals surface area (Å²) in [7, 11) is 0. The number of allylic oxidation sites excluding steroid dienone is 1. The summed E-state index contributed by atoms with van der Waals surface area (Å²) in [5, 5.41) is 3.68. The van der Waals surface area contributed by atoms with Crippen LogP contribution in [0.2, 0.25) is 5.02 Å². The monoisotopic (exact) mass is 434 g/mol. The van der Waals surface area contributed by atoms with Crippen LogP contribution in [0.5, 0.6) is 0 Å². The van der Waals surface area contributed by atoms with E-state index in [9.17, 15) is 4.79 Å². The van der Waals surface area contributed by atoms with Crippen LogP contribution in [0, 0.1) is 0 Å². The molecule has 1 amide bonds. The zero-order valence-electron chi connectivity index (χ0n) is 15.3. The molecule has 0 saturated heterocycles. The number of hydrogen-bond acceptors (Lipinski definition) is 3. The highest BCUT2D eigenvalue weighted by Crippen LogP contribution is 2.35. The predicted molar refractivity (Wildman–Crippen MR) is 124 cm³/mol. The molecule has 142 valence electrons. The van der Waals surface area contributed by atoms with E-state index in [4.69, 9.17) is 11.6 Å². The fraction of sp³-hybridized carbons (Fsp3) is 0.0435. The molecule has 3 nitrogen and oxygen atoms in total. The number of nitrogens with zero attached hydrogens (tertiary/aromatic N) is 2. The number of hydrogen-bond donors (Lipinski definition) is 0. The molecule has 0 N–H and O–H groups in total. The van der Waals surface area contributed by atoms with Gasteiger partial charge in [-0.3, -0.25) is 4.79 Å². The summed E-state index contributed by atoms with van der Waals surface area (Å²) in [5.74, 6) is -0.315. The molecule has 29 heavy (non-hydrogen) atoms. The third kappa shape index (κ3) is 3.02. The molecule has 2 aromatic heterocycles. The number of fused-ring (bicyclic) bond motifs is 4. The van der Waals surface area contributed by atoms with E-state index in [-0.39, 0.29) is 5.91 Å². The summed E-state index contributed by atoms with van der Waals surface area (Å²) >= 11 is 9.38. The summed E-state index contributed by atoms with van der Waals surface area (Å²) in [6.07, 6.45) is 1.82. The molecule has 0 atom stereocenters. The number of carbonyl (C=O) groups excluding carboxylic acids is 1. The van der Waals surface area contributed by atoms with Gasteiger partial charge in [-0.2, -0.15) is 4.99 Å². The van der Waals surface area contributed by atoms with Gasteiger partial charge in [-0.25, -0.2) is 0 Å². The molecule has 5 rings (SSSR count). The highest BCUT2D eigenvalue weighted by atomic mass is 35.5. The van der Waals surface area contributed by atoms with Gasteiger partial charge in [0, 0.05) is 22.0 Å². The Bertz CT molecular complexity index is 1490. The fourth-order valence-corrected chi connectivity index (χ4v) is 6.05. The first-order valence-electron chi connectivity index (χ1n) is 9.05. The van der Waals surface area contributed by atoms with Crippen molar-refractivity contribution in [1.82, 2.24) is 4.57 Å². The van der Waals surface area contributed by atoms with Crippen LogP contribution in [0.25, 0.3) is 31.1 Å². The van der Waals surface area contributed by atoms with E-state index in [1.807, 2.05) is 47.0 Å². The second kappa shape index (κ2) is 7.26. The molecule has 0 aliphatic carbocycles. The Balaban J connectivity index is 1.74. The summed E-state index contributed by atoms with van der Waals surface area (Å²) in [6, 6.07) is 20.2. The Labute approximate surface area is 179 Å². The standard InChI is InChI=1S/C23H15ClN2OS2/c1-2-13-26-17-12-11-14-7-3-4-8-15(14)20(17)29-23(26)25-22(27)21-19(24)16-9-5-6-10-18(16)28-21/h2-12H,1,13H2. The molecule has 0 aliphatic rings. The number of carbonyl (C=O) groups is 1. The van der Waals surface area contributed by atoms with Gasteiger partial charge in [0.2, 0.25) is 0 Å². The van der Waals surface area contributed by atoms with E-state index in [0.717, 1.165) is 31.1 Å². The quantitative estimate of drug-likeness (QED) is 0.292. The molecule has 6 heteroatoms. The molecule has 2 heterocycles. The van der Waals surface area contributed by atoms with E-state index in [1.54, 1.807) is 0 Å². The SMILES string of the molecule is C=CCn1c(=NC(=O)c2sc3ccccc3c2Cl)sc2c3ccccc3ccc21. The smallest absolute Gasteiger partial charge is 0.291 e. The Hall–Kier alpha value is -2.73. The first-order chi connectivity index (χ1) is 14.2. The van der Waals surface area contributed by atoms with E-state index < -0.39 is 0 Å². The van der Waals surface area contributed by atoms with Gasteiger partial charge in [-0.05, 0) is 17.5 Å². The van der Waals surface area contributed by atoms with Crippen LogP contribution >= 0.6 is 34.3 Å². The van der Waals surface area contributed by atoms with Crippen molar-refractivity contribution >= 4 is 71.3 Å². The van der Waals surface area contributed by atoms with Crippen molar-refractivity contribution in [3.63, 3.8) is 0 Å². The molecule has 0 aliphatic heterocycles. The topological polar surface area (TPSA) is 34.4 Å². The lowest BCUT2D eigenvalue weighted by Gasteiger charge is -2.02. The lowest BCUT2D eigenvalue weighted by atomic mass is 10.1. The molecule has 0 unspecified atom stereocenters. The average Bonchev–Trinajstić information content (AvgIpc) is 3.27. The highest BCUT2D eigenvalue weighted by Gasteiger charge is 2.17. The number of rotatable bonds is 3. The summed E-state index contributed by atoms with van der Waals surface area (Å²) in [6.45, 7) is 4.44. The normalized spacial score (nSPS) is 12.2. The molecule has 0 saturated carbocycles. The fourth-order valence-electron chi connectivity index (χ4n) is 3.48. The van der Waals surface area contributed by atoms with Crippen molar-refractivity contribution in [3.8, 4) is 0 Å². The van der Waals surface area contributed by atoms with Crippen LogP contribution in [-0.4, -0.2) is 10.5 Å². The van der Waals surface area contributed by atoms with E-state index in [2.05, 4.69) is 35.8 Å². The number of aromatic nitrogens is 1. The zero-order valence-corrected chi connectivity index (χ0v) is 17.7. The molecule has 5 aromatic rings. The molecule has 0 spiro atoms. The van der Waals surface area contributed by atoms with Crippen molar-refractivity contribution < 1.29 is 4.79 Å². The Morgan fingerprint density at radius 2 is 1.79 bits per heavy atom. The summed E-state index contributed by atoms with van der Waals surface area (Å²) in [5.41, 5.74) is 1.04. The minimum atomic E-state index is -0.315. The van der Waals surface area contributed by atoms with E-state index >= 15 is 0 Å². The van der Waals surface area contributed by atoms with Crippen molar-refractivity contribution in [2.45, 2.75) is 6.54 Å². The van der Waals surface area contributed by atoms with Gasteiger partial charge in [0.1, 0.15) is 4.88 Å². The summed E-state index contributed by atoms with van der Waals surface area (Å²) in [4.78, 5) is 18.6. The maximum absolute atomic E-state index is 13.0. The number of halogens is 1. The van der Waals surface area contributed by atoms with Crippen LogP contribution in [0.3, 0.4) is 0 Å². The van der Waals surface area contributed by atoms with Crippen molar-refractivity contribution in [2.24, 2.45) is 4.99 Å². The molecular formula is C23H15ClN2OS2. The van der Waals surface area contributed by atoms with Gasteiger partial charge in [-0.1, -0.05) is 77.5 Å². The van der Waals surface area contributed by atoms with Crippen molar-refractivity contribution in [3.05, 3.63) is 88.0 Å². The van der Waals surface area contributed by atoms with Gasteiger partial charge in [0.05, 0.1) is 15.2 Å². The van der Waals surface area contributed by atoms with Gasteiger partial charge >= 0.3 is 0 Å².